The fraction of sp³-hybridized carbons (Fsp3) is 0.391. The second-order valence-electron chi connectivity index (χ2n) is 8.95. The van der Waals surface area contributed by atoms with Crippen molar-refractivity contribution in [2.45, 2.75) is 26.0 Å². The van der Waals surface area contributed by atoms with E-state index in [1.807, 2.05) is 26.0 Å². The highest BCUT2D eigenvalue weighted by Gasteiger charge is 2.55. The van der Waals surface area contributed by atoms with E-state index in [2.05, 4.69) is 15.2 Å². The summed E-state index contributed by atoms with van der Waals surface area (Å²) in [5.74, 6) is -0.140. The number of rotatable bonds is 5. The van der Waals surface area contributed by atoms with Crippen molar-refractivity contribution >= 4 is 40.1 Å². The molecule has 0 amide bonds. The number of hydrogen-bond acceptors (Lipinski definition) is 7. The molecule has 1 aliphatic heterocycles. The van der Waals surface area contributed by atoms with Crippen molar-refractivity contribution in [3.05, 3.63) is 56.6 Å². The number of fused-ring (bicyclic) bond motifs is 2. The van der Waals surface area contributed by atoms with Crippen molar-refractivity contribution in [3.8, 4) is 0 Å². The van der Waals surface area contributed by atoms with Crippen LogP contribution in [-0.2, 0) is 7.05 Å². The van der Waals surface area contributed by atoms with E-state index in [4.69, 9.17) is 16.6 Å². The van der Waals surface area contributed by atoms with E-state index in [1.165, 1.54) is 6.07 Å². The summed E-state index contributed by atoms with van der Waals surface area (Å²) in [5, 5.41) is 23.2. The van der Waals surface area contributed by atoms with Crippen LogP contribution in [0.25, 0.3) is 10.9 Å². The number of hydrogen-bond donors (Lipinski definition) is 3. The molecule has 2 aliphatic rings. The van der Waals surface area contributed by atoms with Crippen LogP contribution in [0, 0.1) is 18.8 Å². The van der Waals surface area contributed by atoms with Gasteiger partial charge in [0.1, 0.15) is 5.15 Å². The van der Waals surface area contributed by atoms with Crippen molar-refractivity contribution in [2.24, 2.45) is 18.9 Å². The molecule has 1 aliphatic carbocycles. The molecule has 33 heavy (non-hydrogen) atoms. The lowest BCUT2D eigenvalue weighted by molar-refractivity contribution is 0.0691. The van der Waals surface area contributed by atoms with Gasteiger partial charge in [0.2, 0.25) is 5.95 Å². The van der Waals surface area contributed by atoms with Gasteiger partial charge in [-0.2, -0.15) is 0 Å². The van der Waals surface area contributed by atoms with E-state index in [0.29, 0.717) is 35.6 Å². The lowest BCUT2D eigenvalue weighted by Crippen LogP contribution is -2.33. The number of carboxylic acid groups (broad SMARTS) is 1. The lowest BCUT2D eigenvalue weighted by atomic mass is 10.0. The molecule has 2 aromatic heterocycles. The van der Waals surface area contributed by atoms with Gasteiger partial charge in [0.25, 0.3) is 5.56 Å². The number of anilines is 2. The summed E-state index contributed by atoms with van der Waals surface area (Å²) in [6.45, 7) is 5.13. The zero-order chi connectivity index (χ0) is 23.6. The van der Waals surface area contributed by atoms with Crippen LogP contribution >= 0.6 is 11.6 Å². The number of aromatic nitrogens is 3. The number of benzene rings is 1. The van der Waals surface area contributed by atoms with E-state index < -0.39 is 5.97 Å². The van der Waals surface area contributed by atoms with E-state index in [0.717, 1.165) is 11.1 Å². The first-order chi connectivity index (χ1) is 15.7. The van der Waals surface area contributed by atoms with Crippen LogP contribution < -0.4 is 15.8 Å². The first kappa shape index (κ1) is 21.7. The summed E-state index contributed by atoms with van der Waals surface area (Å²) < 4.78 is 1.56. The molecule has 1 aromatic carbocycles. The standard InChI is InChI=1S/C23H24ClN5O4/c1-10-6-12(11(2)25-16-4-5-17(24)26-19(16)22(32)33)18-13(7-10)21(31)28(3)23(27-18)29-8-14-15(9-29)20(14)30/h4-7,11,14-15,20,25,30H,8-9H2,1-3H3,(H,32,33)/t11-,14-,15+,20?/m0/s1. The molecular formula is C23H24ClN5O4. The summed E-state index contributed by atoms with van der Waals surface area (Å²) in [5.41, 5.74) is 2.25. The monoisotopic (exact) mass is 469 g/mol. The number of aliphatic hydroxyl groups excluding tert-OH is 1. The topological polar surface area (TPSA) is 121 Å². The molecule has 0 radical (unpaired) electrons. The SMILES string of the molecule is Cc1cc([C@H](C)Nc2ccc(Cl)nc2C(=O)O)c2nc(N3C[C@@H]4C(O)[C@@H]4C3)n(C)c(=O)c2c1. The Kier molecular flexibility index (Phi) is 5.06. The average molecular weight is 470 g/mol. The van der Waals surface area contributed by atoms with Gasteiger partial charge in [-0.3, -0.25) is 9.36 Å². The first-order valence-corrected chi connectivity index (χ1v) is 11.1. The van der Waals surface area contributed by atoms with Gasteiger partial charge in [0.15, 0.2) is 5.69 Å². The third-order valence-electron chi connectivity index (χ3n) is 6.66. The maximum atomic E-state index is 13.3. The van der Waals surface area contributed by atoms with Gasteiger partial charge < -0.3 is 20.4 Å². The van der Waals surface area contributed by atoms with Crippen LogP contribution in [0.15, 0.2) is 29.1 Å². The summed E-state index contributed by atoms with van der Waals surface area (Å²) >= 11 is 5.88. The molecule has 10 heteroatoms. The van der Waals surface area contributed by atoms with Crippen LogP contribution in [0.3, 0.4) is 0 Å². The lowest BCUT2D eigenvalue weighted by Gasteiger charge is -2.24. The molecule has 3 aromatic rings. The smallest absolute Gasteiger partial charge is 0.356 e. The molecule has 1 saturated heterocycles. The van der Waals surface area contributed by atoms with E-state index in [1.54, 1.807) is 17.7 Å². The number of nitrogens with zero attached hydrogens (tertiary/aromatic N) is 4. The summed E-state index contributed by atoms with van der Waals surface area (Å²) in [6.07, 6.45) is -0.252. The molecule has 0 bridgehead atoms. The van der Waals surface area contributed by atoms with Gasteiger partial charge in [-0.25, -0.2) is 14.8 Å². The van der Waals surface area contributed by atoms with E-state index in [-0.39, 0.29) is 40.4 Å². The van der Waals surface area contributed by atoms with Gasteiger partial charge in [-0.15, -0.1) is 0 Å². The number of carboxylic acids is 1. The Balaban J connectivity index is 1.58. The molecule has 9 nitrogen and oxygen atoms in total. The Morgan fingerprint density at radius 2 is 1.94 bits per heavy atom. The number of piperidine rings is 1. The normalized spacial score (nSPS) is 22.3. The maximum Gasteiger partial charge on any atom is 0.356 e. The van der Waals surface area contributed by atoms with Gasteiger partial charge in [0, 0.05) is 37.5 Å². The van der Waals surface area contributed by atoms with Crippen molar-refractivity contribution in [3.63, 3.8) is 0 Å². The van der Waals surface area contributed by atoms with Crippen LogP contribution in [0.1, 0.15) is 34.6 Å². The number of aromatic carboxylic acids is 1. The second-order valence-corrected chi connectivity index (χ2v) is 9.34. The van der Waals surface area contributed by atoms with E-state index >= 15 is 0 Å². The molecule has 172 valence electrons. The quantitative estimate of drug-likeness (QED) is 0.487. The van der Waals surface area contributed by atoms with Crippen LogP contribution in [-0.4, -0.2) is 49.9 Å². The molecule has 3 heterocycles. The van der Waals surface area contributed by atoms with E-state index in [9.17, 15) is 19.8 Å². The van der Waals surface area contributed by atoms with Gasteiger partial charge in [0.05, 0.1) is 28.7 Å². The number of halogens is 1. The van der Waals surface area contributed by atoms with Crippen molar-refractivity contribution in [2.75, 3.05) is 23.3 Å². The molecule has 1 unspecified atom stereocenters. The van der Waals surface area contributed by atoms with Crippen molar-refractivity contribution in [1.82, 2.24) is 14.5 Å². The van der Waals surface area contributed by atoms with Crippen LogP contribution in [0.4, 0.5) is 11.6 Å². The third kappa shape index (κ3) is 3.61. The number of pyridine rings is 1. The molecular weight excluding hydrogens is 446 g/mol. The van der Waals surface area contributed by atoms with Crippen LogP contribution in [0.2, 0.25) is 5.15 Å². The Morgan fingerprint density at radius 1 is 1.24 bits per heavy atom. The molecule has 5 rings (SSSR count). The largest absolute Gasteiger partial charge is 0.476 e. The average Bonchev–Trinajstić information content (AvgIpc) is 3.17. The Bertz CT molecular complexity index is 1340. The minimum atomic E-state index is -1.19. The van der Waals surface area contributed by atoms with Gasteiger partial charge >= 0.3 is 5.97 Å². The third-order valence-corrected chi connectivity index (χ3v) is 6.88. The van der Waals surface area contributed by atoms with Crippen molar-refractivity contribution in [1.29, 1.82) is 0 Å². The maximum absolute atomic E-state index is 13.3. The fourth-order valence-corrected chi connectivity index (χ4v) is 4.99. The number of carbonyl (C=O) groups is 1. The van der Waals surface area contributed by atoms with Gasteiger partial charge in [-0.05, 0) is 37.6 Å². The number of aliphatic hydroxyl groups is 1. The number of nitrogens with one attached hydrogen (secondary N) is 1. The minimum absolute atomic E-state index is 0.0928. The first-order valence-electron chi connectivity index (χ1n) is 10.8. The van der Waals surface area contributed by atoms with Gasteiger partial charge in [-0.1, -0.05) is 17.7 Å². The highest BCUT2D eigenvalue weighted by molar-refractivity contribution is 6.29. The Labute approximate surface area is 194 Å². The molecule has 3 N–H and O–H groups in total. The molecule has 0 spiro atoms. The second kappa shape index (κ2) is 7.71. The zero-order valence-corrected chi connectivity index (χ0v) is 19.2. The summed E-state index contributed by atoms with van der Waals surface area (Å²) in [4.78, 5) is 35.8. The fourth-order valence-electron chi connectivity index (χ4n) is 4.84. The molecule has 1 saturated carbocycles. The molecule has 2 fully saturated rings. The highest BCUT2D eigenvalue weighted by atomic mass is 35.5. The summed E-state index contributed by atoms with van der Waals surface area (Å²) in [6, 6.07) is 6.51. The predicted molar refractivity (Wildman–Crippen MR) is 125 cm³/mol. The van der Waals surface area contributed by atoms with Crippen LogP contribution in [0.5, 0.6) is 0 Å². The Morgan fingerprint density at radius 3 is 2.61 bits per heavy atom. The van der Waals surface area contributed by atoms with Crippen molar-refractivity contribution < 1.29 is 15.0 Å². The number of aryl methyl sites for hydroxylation is 1. The summed E-state index contributed by atoms with van der Waals surface area (Å²) in [7, 11) is 1.71. The Hall–Kier alpha value is -3.17. The highest BCUT2D eigenvalue weighted by Crippen LogP contribution is 2.46. The molecule has 4 atom stereocenters. The minimum Gasteiger partial charge on any atom is -0.476 e. The predicted octanol–water partition coefficient (Wildman–Crippen LogP) is 2.59. The zero-order valence-electron chi connectivity index (χ0n) is 18.4.